The molecule has 0 unspecified atom stereocenters. The van der Waals surface area contributed by atoms with E-state index in [0.717, 1.165) is 5.56 Å². The monoisotopic (exact) mass is 366 g/mol. The van der Waals surface area contributed by atoms with Crippen LogP contribution in [-0.4, -0.2) is 12.1 Å². The standard InChI is InChI=1S/C15H12BrClN2O2/c1-20-14-6-10(7-16)5-12(17)15(14)21-9-11-3-2-4-19-13(11)8-18/h2-6H,7,9H2,1H3. The van der Waals surface area contributed by atoms with Gasteiger partial charge in [-0.3, -0.25) is 0 Å². The van der Waals surface area contributed by atoms with Crippen molar-refractivity contribution in [2.45, 2.75) is 11.9 Å². The average molecular weight is 368 g/mol. The van der Waals surface area contributed by atoms with Gasteiger partial charge >= 0.3 is 0 Å². The Kier molecular flexibility index (Phi) is 5.43. The highest BCUT2D eigenvalue weighted by Crippen LogP contribution is 2.37. The second-order valence-corrected chi connectivity index (χ2v) is 5.12. The highest BCUT2D eigenvalue weighted by Gasteiger charge is 2.13. The van der Waals surface area contributed by atoms with Crippen molar-refractivity contribution in [1.29, 1.82) is 5.26 Å². The summed E-state index contributed by atoms with van der Waals surface area (Å²) in [5.41, 5.74) is 2.02. The maximum absolute atomic E-state index is 9.02. The second kappa shape index (κ2) is 7.30. The topological polar surface area (TPSA) is 55.1 Å². The van der Waals surface area contributed by atoms with E-state index in [1.54, 1.807) is 25.4 Å². The molecule has 2 rings (SSSR count). The average Bonchev–Trinajstić information content (AvgIpc) is 2.53. The normalized spacial score (nSPS) is 10.0. The van der Waals surface area contributed by atoms with E-state index >= 15 is 0 Å². The summed E-state index contributed by atoms with van der Waals surface area (Å²) in [6.45, 7) is 0.195. The molecular weight excluding hydrogens is 356 g/mol. The van der Waals surface area contributed by atoms with Crippen molar-refractivity contribution in [3.63, 3.8) is 0 Å². The number of aromatic nitrogens is 1. The van der Waals surface area contributed by atoms with Gasteiger partial charge in [-0.05, 0) is 23.8 Å². The lowest BCUT2D eigenvalue weighted by Gasteiger charge is -2.14. The molecule has 4 nitrogen and oxygen atoms in total. The molecule has 0 amide bonds. The summed E-state index contributed by atoms with van der Waals surface area (Å²) >= 11 is 9.60. The first-order chi connectivity index (χ1) is 10.2. The van der Waals surface area contributed by atoms with E-state index in [1.165, 1.54) is 0 Å². The van der Waals surface area contributed by atoms with Gasteiger partial charge in [-0.2, -0.15) is 5.26 Å². The summed E-state index contributed by atoms with van der Waals surface area (Å²) in [5, 5.41) is 10.2. The van der Waals surface area contributed by atoms with E-state index in [2.05, 4.69) is 20.9 Å². The Balaban J connectivity index is 2.26. The Morgan fingerprint density at radius 3 is 2.90 bits per heavy atom. The molecule has 0 aliphatic heterocycles. The first-order valence-corrected chi connectivity index (χ1v) is 7.58. The van der Waals surface area contributed by atoms with Crippen molar-refractivity contribution in [3.8, 4) is 17.6 Å². The molecule has 0 saturated carbocycles. The van der Waals surface area contributed by atoms with E-state index < -0.39 is 0 Å². The van der Waals surface area contributed by atoms with Crippen LogP contribution in [0.3, 0.4) is 0 Å². The van der Waals surface area contributed by atoms with Crippen LogP contribution >= 0.6 is 27.5 Å². The van der Waals surface area contributed by atoms with Crippen molar-refractivity contribution < 1.29 is 9.47 Å². The number of hydrogen-bond acceptors (Lipinski definition) is 4. The number of benzene rings is 1. The third-order valence-corrected chi connectivity index (χ3v) is 3.74. The van der Waals surface area contributed by atoms with Crippen molar-refractivity contribution in [2.75, 3.05) is 7.11 Å². The quantitative estimate of drug-likeness (QED) is 0.747. The van der Waals surface area contributed by atoms with Crippen molar-refractivity contribution in [3.05, 3.63) is 52.3 Å². The van der Waals surface area contributed by atoms with Crippen LogP contribution in [0.15, 0.2) is 30.5 Å². The number of nitrogens with zero attached hydrogens (tertiary/aromatic N) is 2. The summed E-state index contributed by atoms with van der Waals surface area (Å²) < 4.78 is 11.0. The lowest BCUT2D eigenvalue weighted by Crippen LogP contribution is -2.02. The van der Waals surface area contributed by atoms with Gasteiger partial charge < -0.3 is 9.47 Å². The van der Waals surface area contributed by atoms with Crippen molar-refractivity contribution >= 4 is 27.5 Å². The number of alkyl halides is 1. The molecule has 0 aliphatic rings. The minimum atomic E-state index is 0.195. The molecule has 1 aromatic heterocycles. The minimum absolute atomic E-state index is 0.195. The second-order valence-electron chi connectivity index (χ2n) is 4.15. The van der Waals surface area contributed by atoms with Crippen LogP contribution in [0.25, 0.3) is 0 Å². The van der Waals surface area contributed by atoms with Crippen LogP contribution in [0.5, 0.6) is 11.5 Å². The predicted molar refractivity (Wildman–Crippen MR) is 83.9 cm³/mol. The van der Waals surface area contributed by atoms with Crippen LogP contribution in [0, 0.1) is 11.3 Å². The van der Waals surface area contributed by atoms with Gasteiger partial charge in [0, 0.05) is 17.1 Å². The third kappa shape index (κ3) is 3.66. The van der Waals surface area contributed by atoms with Gasteiger partial charge in [0.15, 0.2) is 11.5 Å². The van der Waals surface area contributed by atoms with Gasteiger partial charge in [0.05, 0.1) is 12.1 Å². The van der Waals surface area contributed by atoms with Gasteiger partial charge in [0.2, 0.25) is 0 Å². The molecule has 0 spiro atoms. The minimum Gasteiger partial charge on any atom is -0.493 e. The smallest absolute Gasteiger partial charge is 0.180 e. The van der Waals surface area contributed by atoms with E-state index in [-0.39, 0.29) is 6.61 Å². The molecule has 0 fully saturated rings. The van der Waals surface area contributed by atoms with E-state index in [4.69, 9.17) is 26.3 Å². The van der Waals surface area contributed by atoms with Gasteiger partial charge in [-0.15, -0.1) is 0 Å². The SMILES string of the molecule is COc1cc(CBr)cc(Cl)c1OCc1cccnc1C#N. The predicted octanol–water partition coefficient (Wildman–Crippen LogP) is 4.09. The molecule has 0 N–H and O–H groups in total. The highest BCUT2D eigenvalue weighted by atomic mass is 79.9. The zero-order valence-electron chi connectivity index (χ0n) is 11.3. The molecule has 2 aromatic rings. The van der Waals surface area contributed by atoms with E-state index in [1.807, 2.05) is 18.2 Å². The third-order valence-electron chi connectivity index (χ3n) is 2.81. The lowest BCUT2D eigenvalue weighted by molar-refractivity contribution is 0.284. The molecule has 21 heavy (non-hydrogen) atoms. The largest absolute Gasteiger partial charge is 0.493 e. The van der Waals surface area contributed by atoms with E-state index in [9.17, 15) is 0 Å². The molecule has 6 heteroatoms. The lowest BCUT2D eigenvalue weighted by atomic mass is 10.2. The molecule has 0 saturated heterocycles. The fraction of sp³-hybridized carbons (Fsp3) is 0.200. The zero-order valence-corrected chi connectivity index (χ0v) is 13.6. The summed E-state index contributed by atoms with van der Waals surface area (Å²) in [4.78, 5) is 3.99. The van der Waals surface area contributed by atoms with Crippen LogP contribution < -0.4 is 9.47 Å². The summed E-state index contributed by atoms with van der Waals surface area (Å²) in [6, 6.07) is 9.24. The Morgan fingerprint density at radius 2 is 2.24 bits per heavy atom. The summed E-state index contributed by atoms with van der Waals surface area (Å²) in [5.74, 6) is 1.01. The number of halogens is 2. The van der Waals surface area contributed by atoms with E-state index in [0.29, 0.717) is 33.1 Å². The van der Waals surface area contributed by atoms with Crippen molar-refractivity contribution in [1.82, 2.24) is 4.98 Å². The number of methoxy groups -OCH3 is 1. The van der Waals surface area contributed by atoms with Gasteiger partial charge in [0.1, 0.15) is 18.4 Å². The number of ether oxygens (including phenoxy) is 2. The molecule has 1 heterocycles. The maximum atomic E-state index is 9.02. The van der Waals surface area contributed by atoms with Gasteiger partial charge in [-0.25, -0.2) is 4.98 Å². The Morgan fingerprint density at radius 1 is 1.43 bits per heavy atom. The Labute approximate surface area is 136 Å². The van der Waals surface area contributed by atoms with Crippen LogP contribution in [0.2, 0.25) is 5.02 Å². The fourth-order valence-electron chi connectivity index (χ4n) is 1.80. The fourth-order valence-corrected chi connectivity index (χ4v) is 2.41. The molecule has 0 radical (unpaired) electrons. The molecule has 0 atom stereocenters. The maximum Gasteiger partial charge on any atom is 0.180 e. The summed E-state index contributed by atoms with van der Waals surface area (Å²) in [7, 11) is 1.56. The number of rotatable bonds is 5. The molecule has 0 aliphatic carbocycles. The zero-order chi connectivity index (χ0) is 15.2. The van der Waals surface area contributed by atoms with Crippen molar-refractivity contribution in [2.24, 2.45) is 0 Å². The van der Waals surface area contributed by atoms with Gasteiger partial charge in [-0.1, -0.05) is 33.6 Å². The molecule has 0 bridgehead atoms. The highest BCUT2D eigenvalue weighted by molar-refractivity contribution is 9.08. The Bertz CT molecular complexity index is 686. The van der Waals surface area contributed by atoms with Gasteiger partial charge in [0.25, 0.3) is 0 Å². The number of hydrogen-bond donors (Lipinski definition) is 0. The first-order valence-electron chi connectivity index (χ1n) is 6.08. The first kappa shape index (κ1) is 15.6. The van der Waals surface area contributed by atoms with Crippen LogP contribution in [-0.2, 0) is 11.9 Å². The summed E-state index contributed by atoms with van der Waals surface area (Å²) in [6.07, 6.45) is 1.57. The number of pyridine rings is 1. The van der Waals surface area contributed by atoms with Crippen LogP contribution in [0.4, 0.5) is 0 Å². The molecule has 1 aromatic carbocycles. The Hall–Kier alpha value is -1.77. The van der Waals surface area contributed by atoms with Crippen LogP contribution in [0.1, 0.15) is 16.8 Å². The molecule has 108 valence electrons. The molecular formula is C15H12BrClN2O2. The number of nitriles is 1.